The fourth-order valence-corrected chi connectivity index (χ4v) is 1.21. The number of rotatable bonds is 4. The monoisotopic (exact) mass is 192 g/mol. The summed E-state index contributed by atoms with van der Waals surface area (Å²) in [4.78, 5) is 10.1. The lowest BCUT2D eigenvalue weighted by atomic mass is 10.0. The lowest BCUT2D eigenvalue weighted by molar-refractivity contribution is -0.384. The summed E-state index contributed by atoms with van der Waals surface area (Å²) in [5.74, 6) is 0.620. The van der Waals surface area contributed by atoms with Crippen molar-refractivity contribution in [2.45, 2.75) is 26.7 Å². The molecule has 0 aliphatic carbocycles. The Labute approximate surface area is 83.9 Å². The van der Waals surface area contributed by atoms with E-state index in [0.717, 1.165) is 18.4 Å². The largest absolute Gasteiger partial charge is 0.270 e. The second-order valence-electron chi connectivity index (χ2n) is 3.79. The van der Waals surface area contributed by atoms with Crippen LogP contribution < -0.4 is 0 Å². The third-order valence-electron chi connectivity index (χ3n) is 2.05. The molecule has 75 valence electrons. The number of benzene rings is 1. The van der Waals surface area contributed by atoms with Crippen molar-refractivity contribution in [3.63, 3.8) is 0 Å². The molecule has 0 atom stereocenters. The number of nitrogens with zero attached hydrogens (tertiary/aromatic N) is 1. The van der Waals surface area contributed by atoms with E-state index in [1.165, 1.54) is 6.07 Å². The molecule has 1 radical (unpaired) electrons. The van der Waals surface area contributed by atoms with Gasteiger partial charge < -0.3 is 0 Å². The molecule has 1 aromatic rings. The lowest BCUT2D eigenvalue weighted by Crippen LogP contribution is -1.94. The van der Waals surface area contributed by atoms with Gasteiger partial charge in [0.1, 0.15) is 0 Å². The molecule has 0 amide bonds. The van der Waals surface area contributed by atoms with Crippen molar-refractivity contribution in [2.24, 2.45) is 5.92 Å². The van der Waals surface area contributed by atoms with Crippen LogP contribution >= 0.6 is 0 Å². The van der Waals surface area contributed by atoms with Gasteiger partial charge in [-0.25, -0.2) is 0 Å². The van der Waals surface area contributed by atoms with Crippen LogP contribution in [-0.4, -0.2) is 4.92 Å². The van der Waals surface area contributed by atoms with Gasteiger partial charge in [0.25, 0.3) is 5.69 Å². The van der Waals surface area contributed by atoms with Gasteiger partial charge in [-0.15, -0.1) is 0 Å². The summed E-state index contributed by atoms with van der Waals surface area (Å²) >= 11 is 0. The first-order valence-electron chi connectivity index (χ1n) is 4.74. The minimum absolute atomic E-state index is 0.131. The highest BCUT2D eigenvalue weighted by molar-refractivity contribution is 5.33. The smallest absolute Gasteiger partial charge is 0.258 e. The molecule has 1 aromatic carbocycles. The Balaban J connectivity index is 2.69. The molecule has 1 rings (SSSR count). The van der Waals surface area contributed by atoms with Gasteiger partial charge in [0.2, 0.25) is 0 Å². The van der Waals surface area contributed by atoms with Crippen LogP contribution in [-0.2, 0) is 6.42 Å². The predicted octanol–water partition coefficient (Wildman–Crippen LogP) is 2.98. The van der Waals surface area contributed by atoms with Crippen molar-refractivity contribution in [1.29, 1.82) is 0 Å². The van der Waals surface area contributed by atoms with Crippen LogP contribution in [0.5, 0.6) is 0 Å². The van der Waals surface area contributed by atoms with E-state index in [-0.39, 0.29) is 10.6 Å². The number of hydrogen-bond acceptors (Lipinski definition) is 2. The van der Waals surface area contributed by atoms with E-state index >= 15 is 0 Å². The highest BCUT2D eigenvalue weighted by Crippen LogP contribution is 2.15. The maximum absolute atomic E-state index is 10.5. The van der Waals surface area contributed by atoms with Crippen molar-refractivity contribution in [1.82, 2.24) is 0 Å². The van der Waals surface area contributed by atoms with Gasteiger partial charge in [-0.2, -0.15) is 0 Å². The van der Waals surface area contributed by atoms with Crippen molar-refractivity contribution in [3.8, 4) is 0 Å². The SMILES string of the molecule is CC(C)CCc1c[c]cc([N+](=O)[O-])c1. The van der Waals surface area contributed by atoms with Crippen LogP contribution in [0, 0.1) is 22.1 Å². The molecule has 0 unspecified atom stereocenters. The molecule has 14 heavy (non-hydrogen) atoms. The molecular formula is C11H14NO2. The van der Waals surface area contributed by atoms with Crippen molar-refractivity contribution in [3.05, 3.63) is 39.9 Å². The van der Waals surface area contributed by atoms with Gasteiger partial charge in [-0.1, -0.05) is 19.9 Å². The fourth-order valence-electron chi connectivity index (χ4n) is 1.21. The van der Waals surface area contributed by atoms with E-state index in [9.17, 15) is 10.1 Å². The van der Waals surface area contributed by atoms with Crippen LogP contribution in [0.1, 0.15) is 25.8 Å². The summed E-state index contributed by atoms with van der Waals surface area (Å²) in [6.07, 6.45) is 1.94. The second-order valence-corrected chi connectivity index (χ2v) is 3.79. The Morgan fingerprint density at radius 3 is 2.79 bits per heavy atom. The molecular weight excluding hydrogens is 178 g/mol. The van der Waals surface area contributed by atoms with Gasteiger partial charge in [0, 0.05) is 12.1 Å². The molecule has 0 aliphatic heterocycles. The van der Waals surface area contributed by atoms with Crippen molar-refractivity contribution < 1.29 is 4.92 Å². The topological polar surface area (TPSA) is 43.1 Å². The van der Waals surface area contributed by atoms with E-state index in [1.54, 1.807) is 6.07 Å². The molecule has 0 saturated heterocycles. The summed E-state index contributed by atoms with van der Waals surface area (Å²) in [5, 5.41) is 10.5. The van der Waals surface area contributed by atoms with Gasteiger partial charge in [0.05, 0.1) is 4.92 Å². The number of hydrogen-bond donors (Lipinski definition) is 0. The molecule has 0 saturated carbocycles. The second kappa shape index (κ2) is 4.74. The first-order valence-corrected chi connectivity index (χ1v) is 4.74. The average Bonchev–Trinajstić information content (AvgIpc) is 2.15. The highest BCUT2D eigenvalue weighted by Gasteiger charge is 2.05. The fraction of sp³-hybridized carbons (Fsp3) is 0.455. The Morgan fingerprint density at radius 1 is 1.50 bits per heavy atom. The van der Waals surface area contributed by atoms with Gasteiger partial charge in [0.15, 0.2) is 0 Å². The van der Waals surface area contributed by atoms with Crippen molar-refractivity contribution in [2.75, 3.05) is 0 Å². The van der Waals surface area contributed by atoms with Crippen LogP contribution in [0.2, 0.25) is 0 Å². The Morgan fingerprint density at radius 2 is 2.21 bits per heavy atom. The van der Waals surface area contributed by atoms with Crippen LogP contribution in [0.15, 0.2) is 18.2 Å². The maximum atomic E-state index is 10.5. The van der Waals surface area contributed by atoms with Gasteiger partial charge >= 0.3 is 0 Å². The predicted molar refractivity (Wildman–Crippen MR) is 55.1 cm³/mol. The van der Waals surface area contributed by atoms with E-state index in [4.69, 9.17) is 0 Å². The van der Waals surface area contributed by atoms with Gasteiger partial charge in [-0.05, 0) is 30.4 Å². The zero-order valence-corrected chi connectivity index (χ0v) is 8.49. The molecule has 0 aromatic heterocycles. The standard InChI is InChI=1S/C11H14NO2/c1-9(2)6-7-10-4-3-5-11(8-10)12(13)14/h4-5,8-9H,6-7H2,1-2H3. The zero-order valence-electron chi connectivity index (χ0n) is 8.49. The van der Waals surface area contributed by atoms with Crippen LogP contribution in [0.25, 0.3) is 0 Å². The molecule has 0 fully saturated rings. The number of nitro benzene ring substituents is 1. The lowest BCUT2D eigenvalue weighted by Gasteiger charge is -2.03. The van der Waals surface area contributed by atoms with Gasteiger partial charge in [-0.3, -0.25) is 10.1 Å². The van der Waals surface area contributed by atoms with E-state index in [2.05, 4.69) is 19.9 Å². The van der Waals surface area contributed by atoms with E-state index in [1.807, 2.05) is 6.07 Å². The Bertz CT molecular complexity index is 321. The minimum Gasteiger partial charge on any atom is -0.258 e. The van der Waals surface area contributed by atoms with E-state index in [0.29, 0.717) is 5.92 Å². The summed E-state index contributed by atoms with van der Waals surface area (Å²) < 4.78 is 0. The normalized spacial score (nSPS) is 10.5. The molecule has 3 nitrogen and oxygen atoms in total. The third kappa shape index (κ3) is 3.17. The Hall–Kier alpha value is -1.38. The summed E-state index contributed by atoms with van der Waals surface area (Å²) in [6, 6.07) is 7.63. The molecule has 0 heterocycles. The zero-order chi connectivity index (χ0) is 10.6. The number of nitro groups is 1. The molecule has 0 spiro atoms. The average molecular weight is 192 g/mol. The van der Waals surface area contributed by atoms with Crippen LogP contribution in [0.4, 0.5) is 5.69 Å². The summed E-state index contributed by atoms with van der Waals surface area (Å²) in [5.41, 5.74) is 1.12. The van der Waals surface area contributed by atoms with E-state index < -0.39 is 0 Å². The molecule has 0 bridgehead atoms. The molecule has 0 aliphatic rings. The number of aryl methyl sites for hydroxylation is 1. The van der Waals surface area contributed by atoms with Crippen LogP contribution in [0.3, 0.4) is 0 Å². The first kappa shape index (κ1) is 10.7. The first-order chi connectivity index (χ1) is 6.59. The molecule has 0 N–H and O–H groups in total. The summed E-state index contributed by atoms with van der Waals surface area (Å²) in [6.45, 7) is 4.28. The quantitative estimate of drug-likeness (QED) is 0.543. The Kier molecular flexibility index (Phi) is 3.63. The third-order valence-corrected chi connectivity index (χ3v) is 2.05. The van der Waals surface area contributed by atoms with Crippen molar-refractivity contribution >= 4 is 5.69 Å². The highest BCUT2D eigenvalue weighted by atomic mass is 16.6. The summed E-state index contributed by atoms with van der Waals surface area (Å²) in [7, 11) is 0. The number of non-ortho nitro benzene ring substituents is 1. The molecule has 3 heteroatoms. The maximum Gasteiger partial charge on any atom is 0.270 e. The minimum atomic E-state index is -0.380.